The number of carbonyl (C=O) groups is 1. The Balaban J connectivity index is 3.60. The van der Waals surface area contributed by atoms with E-state index in [0.717, 1.165) is 11.0 Å². The summed E-state index contributed by atoms with van der Waals surface area (Å²) in [5, 5.41) is 2.86. The Bertz CT molecular complexity index is 163. The van der Waals surface area contributed by atoms with Crippen LogP contribution in [0.3, 0.4) is 0 Å². The first kappa shape index (κ1) is 12.4. The summed E-state index contributed by atoms with van der Waals surface area (Å²) in [6.45, 7) is 3.90. The van der Waals surface area contributed by atoms with Crippen LogP contribution in [0.25, 0.3) is 0 Å². The summed E-state index contributed by atoms with van der Waals surface area (Å²) in [5.74, 6) is -0.0246. The van der Waals surface area contributed by atoms with Gasteiger partial charge in [0.2, 0.25) is 5.91 Å². The van der Waals surface area contributed by atoms with Crippen molar-refractivity contribution < 1.29 is 9.28 Å². The van der Waals surface area contributed by atoms with Crippen molar-refractivity contribution >= 4 is 5.91 Å². The van der Waals surface area contributed by atoms with Crippen LogP contribution in [0.1, 0.15) is 6.92 Å². The smallest absolute Gasteiger partial charge is 0.224 e. The highest BCUT2D eigenvalue weighted by Crippen LogP contribution is 1.91. The van der Waals surface area contributed by atoms with E-state index in [1.807, 2.05) is 6.92 Å². The lowest BCUT2D eigenvalue weighted by molar-refractivity contribution is -0.869. The zero-order chi connectivity index (χ0) is 10.5. The van der Waals surface area contributed by atoms with Crippen molar-refractivity contribution in [1.82, 2.24) is 5.32 Å². The number of quaternary nitrogens is 1. The van der Waals surface area contributed by atoms with Gasteiger partial charge in [-0.15, -0.1) is 0 Å². The zero-order valence-electron chi connectivity index (χ0n) is 9.13. The molecule has 1 amide bonds. The maximum atomic E-state index is 11.3. The molecule has 0 aliphatic heterocycles. The molecule has 0 radical (unpaired) electrons. The van der Waals surface area contributed by atoms with Gasteiger partial charge in [0.15, 0.2) is 0 Å². The minimum Gasteiger partial charge on any atom is -0.350 e. The third-order valence-electron chi connectivity index (χ3n) is 1.88. The molecular weight excluding hydrogens is 166 g/mol. The van der Waals surface area contributed by atoms with Crippen LogP contribution in [0.5, 0.6) is 0 Å². The first-order valence-corrected chi connectivity index (χ1v) is 4.65. The Morgan fingerprint density at radius 1 is 1.46 bits per heavy atom. The van der Waals surface area contributed by atoms with Gasteiger partial charge in [0.25, 0.3) is 0 Å². The van der Waals surface area contributed by atoms with E-state index < -0.39 is 0 Å². The molecule has 0 saturated heterocycles. The molecule has 3 N–H and O–H groups in total. The summed E-state index contributed by atoms with van der Waals surface area (Å²) < 4.78 is 0.858. The van der Waals surface area contributed by atoms with Gasteiger partial charge in [0.05, 0.1) is 34.2 Å². The molecule has 0 aliphatic carbocycles. The summed E-state index contributed by atoms with van der Waals surface area (Å²) in [6.07, 6.45) is 0. The van der Waals surface area contributed by atoms with Crippen LogP contribution in [0.2, 0.25) is 0 Å². The number of hydrogen-bond acceptors (Lipinski definition) is 2. The first-order valence-electron chi connectivity index (χ1n) is 4.65. The van der Waals surface area contributed by atoms with Crippen LogP contribution in [-0.4, -0.2) is 51.2 Å². The molecule has 1 unspecified atom stereocenters. The maximum absolute atomic E-state index is 11.3. The van der Waals surface area contributed by atoms with E-state index in [1.54, 1.807) is 0 Å². The first-order chi connectivity index (χ1) is 5.87. The van der Waals surface area contributed by atoms with E-state index in [-0.39, 0.29) is 11.8 Å². The molecule has 0 aromatic heterocycles. The van der Waals surface area contributed by atoms with Gasteiger partial charge in [-0.05, 0) is 0 Å². The fourth-order valence-corrected chi connectivity index (χ4v) is 0.796. The Labute approximate surface area is 80.7 Å². The number of likely N-dealkylation sites (N-methyl/N-ethyl adjacent to an activating group) is 1. The molecular formula is C9H22N3O+. The number of rotatable bonds is 5. The molecule has 4 nitrogen and oxygen atoms in total. The molecule has 0 heterocycles. The highest BCUT2D eigenvalue weighted by molar-refractivity contribution is 5.78. The topological polar surface area (TPSA) is 55.1 Å². The van der Waals surface area contributed by atoms with Crippen molar-refractivity contribution in [1.29, 1.82) is 0 Å². The molecule has 0 bridgehead atoms. The Morgan fingerprint density at radius 2 is 2.00 bits per heavy atom. The summed E-state index contributed by atoms with van der Waals surface area (Å²) in [4.78, 5) is 11.3. The van der Waals surface area contributed by atoms with Crippen molar-refractivity contribution in [3.8, 4) is 0 Å². The summed E-state index contributed by atoms with van der Waals surface area (Å²) in [7, 11) is 6.29. The van der Waals surface area contributed by atoms with Crippen molar-refractivity contribution in [2.24, 2.45) is 11.7 Å². The van der Waals surface area contributed by atoms with Crippen LogP contribution >= 0.6 is 0 Å². The number of hydrogen-bond donors (Lipinski definition) is 2. The molecule has 0 saturated carbocycles. The van der Waals surface area contributed by atoms with Crippen LogP contribution < -0.4 is 11.1 Å². The molecule has 13 heavy (non-hydrogen) atoms. The molecule has 0 fully saturated rings. The summed E-state index contributed by atoms with van der Waals surface area (Å²) >= 11 is 0. The lowest BCUT2D eigenvalue weighted by atomic mass is 10.2. The minimum absolute atomic E-state index is 0.0518. The van der Waals surface area contributed by atoms with Crippen molar-refractivity contribution in [2.75, 3.05) is 40.8 Å². The van der Waals surface area contributed by atoms with Crippen LogP contribution in [0, 0.1) is 5.92 Å². The van der Waals surface area contributed by atoms with Crippen molar-refractivity contribution in [3.05, 3.63) is 0 Å². The molecule has 0 aromatic carbocycles. The minimum atomic E-state index is -0.0764. The predicted molar refractivity (Wildman–Crippen MR) is 54.1 cm³/mol. The van der Waals surface area contributed by atoms with E-state index in [1.165, 1.54) is 0 Å². The van der Waals surface area contributed by atoms with Crippen molar-refractivity contribution in [2.45, 2.75) is 6.92 Å². The third kappa shape index (κ3) is 6.54. The van der Waals surface area contributed by atoms with E-state index >= 15 is 0 Å². The Kier molecular flexibility index (Phi) is 4.95. The number of carbonyl (C=O) groups excluding carboxylic acids is 1. The monoisotopic (exact) mass is 188 g/mol. The SMILES string of the molecule is CC(CN)C(=O)NCC[N+](C)(C)C. The number of nitrogens with one attached hydrogen (secondary N) is 1. The average Bonchev–Trinajstić information content (AvgIpc) is 2.00. The van der Waals surface area contributed by atoms with E-state index in [0.29, 0.717) is 13.1 Å². The van der Waals surface area contributed by atoms with Gasteiger partial charge in [-0.1, -0.05) is 6.92 Å². The summed E-state index contributed by atoms with van der Waals surface area (Å²) in [6, 6.07) is 0. The van der Waals surface area contributed by atoms with Gasteiger partial charge in [0.1, 0.15) is 0 Å². The normalized spacial score (nSPS) is 13.9. The second kappa shape index (κ2) is 5.19. The Hall–Kier alpha value is -0.610. The zero-order valence-corrected chi connectivity index (χ0v) is 9.13. The third-order valence-corrected chi connectivity index (χ3v) is 1.88. The average molecular weight is 188 g/mol. The van der Waals surface area contributed by atoms with Crippen LogP contribution in [0.15, 0.2) is 0 Å². The van der Waals surface area contributed by atoms with E-state index in [9.17, 15) is 4.79 Å². The Morgan fingerprint density at radius 3 is 2.38 bits per heavy atom. The molecule has 0 aromatic rings. The maximum Gasteiger partial charge on any atom is 0.224 e. The van der Waals surface area contributed by atoms with Crippen molar-refractivity contribution in [3.63, 3.8) is 0 Å². The quantitative estimate of drug-likeness (QED) is 0.566. The van der Waals surface area contributed by atoms with Gasteiger partial charge < -0.3 is 15.5 Å². The number of nitrogens with zero attached hydrogens (tertiary/aromatic N) is 1. The fraction of sp³-hybridized carbons (Fsp3) is 0.889. The highest BCUT2D eigenvalue weighted by Gasteiger charge is 2.11. The lowest BCUT2D eigenvalue weighted by Crippen LogP contribution is -2.43. The second-order valence-corrected chi connectivity index (χ2v) is 4.44. The molecule has 0 aliphatic rings. The number of nitrogens with two attached hydrogens (primary N) is 1. The van der Waals surface area contributed by atoms with Crippen LogP contribution in [0.4, 0.5) is 0 Å². The van der Waals surface area contributed by atoms with Gasteiger partial charge in [-0.2, -0.15) is 0 Å². The van der Waals surface area contributed by atoms with Gasteiger partial charge in [-0.25, -0.2) is 0 Å². The standard InChI is InChI=1S/C9H21N3O/c1-8(7-10)9(13)11-5-6-12(2,3)4/h8H,5-7,10H2,1-4H3/p+1. The van der Waals surface area contributed by atoms with Gasteiger partial charge >= 0.3 is 0 Å². The van der Waals surface area contributed by atoms with Crippen LogP contribution in [-0.2, 0) is 4.79 Å². The van der Waals surface area contributed by atoms with Gasteiger partial charge in [0, 0.05) is 12.5 Å². The van der Waals surface area contributed by atoms with E-state index in [2.05, 4.69) is 26.5 Å². The molecule has 0 rings (SSSR count). The number of amides is 1. The largest absolute Gasteiger partial charge is 0.350 e. The lowest BCUT2D eigenvalue weighted by Gasteiger charge is -2.24. The molecule has 0 spiro atoms. The molecule has 1 atom stereocenters. The summed E-state index contributed by atoms with van der Waals surface area (Å²) in [5.41, 5.74) is 5.37. The fourth-order valence-electron chi connectivity index (χ4n) is 0.796. The predicted octanol–water partition coefficient (Wildman–Crippen LogP) is -0.596. The second-order valence-electron chi connectivity index (χ2n) is 4.44. The van der Waals surface area contributed by atoms with Gasteiger partial charge in [-0.3, -0.25) is 4.79 Å². The highest BCUT2D eigenvalue weighted by atomic mass is 16.1. The van der Waals surface area contributed by atoms with E-state index in [4.69, 9.17) is 5.73 Å². The molecule has 4 heteroatoms. The molecule has 78 valence electrons.